The number of nitrogens with zero attached hydrogens (tertiary/aromatic N) is 2. The van der Waals surface area contributed by atoms with E-state index in [2.05, 4.69) is 10.3 Å². The molecule has 1 aromatic heterocycles. The van der Waals surface area contributed by atoms with Gasteiger partial charge in [0.15, 0.2) is 11.5 Å². The second kappa shape index (κ2) is 13.7. The summed E-state index contributed by atoms with van der Waals surface area (Å²) in [6.45, 7) is 8.07. The van der Waals surface area contributed by atoms with Crippen molar-refractivity contribution >= 4 is 22.9 Å². The number of aromatic amines is 1. The van der Waals surface area contributed by atoms with Gasteiger partial charge in [0.1, 0.15) is 0 Å². The predicted molar refractivity (Wildman–Crippen MR) is 139 cm³/mol. The molecule has 3 rings (SSSR count). The number of fused-ring (bicyclic) bond motifs is 1. The van der Waals surface area contributed by atoms with Crippen molar-refractivity contribution in [3.05, 3.63) is 33.0 Å². The SMILES string of the molecule is CCOC(=O)N1CCC(NC(=O)CCCCCn2c(=O)[nH]c3cc(OCC)c(OCC)cc3c2=O)CC1. The molecule has 0 aliphatic carbocycles. The van der Waals surface area contributed by atoms with E-state index >= 15 is 0 Å². The lowest BCUT2D eigenvalue weighted by Crippen LogP contribution is -2.46. The number of hydrogen-bond acceptors (Lipinski definition) is 7. The minimum Gasteiger partial charge on any atom is -0.490 e. The van der Waals surface area contributed by atoms with Crippen LogP contribution in [0.2, 0.25) is 0 Å². The monoisotopic (exact) mass is 518 g/mol. The van der Waals surface area contributed by atoms with E-state index in [9.17, 15) is 19.2 Å². The summed E-state index contributed by atoms with van der Waals surface area (Å²) in [6, 6.07) is 3.29. The third kappa shape index (κ3) is 7.50. The number of amides is 2. The maximum atomic E-state index is 13.0. The van der Waals surface area contributed by atoms with Crippen molar-refractivity contribution < 1.29 is 23.8 Å². The second-order valence-corrected chi connectivity index (χ2v) is 8.94. The Morgan fingerprint density at radius 2 is 1.65 bits per heavy atom. The summed E-state index contributed by atoms with van der Waals surface area (Å²) >= 11 is 0. The number of hydrogen-bond donors (Lipinski definition) is 2. The van der Waals surface area contributed by atoms with Crippen molar-refractivity contribution in [2.45, 2.75) is 71.9 Å². The summed E-state index contributed by atoms with van der Waals surface area (Å²) in [5.41, 5.74) is -0.450. The Labute approximate surface area is 216 Å². The van der Waals surface area contributed by atoms with Crippen molar-refractivity contribution in [2.24, 2.45) is 0 Å². The average molecular weight is 519 g/mol. The normalized spacial score (nSPS) is 14.0. The molecule has 2 amide bonds. The van der Waals surface area contributed by atoms with Gasteiger partial charge in [0, 0.05) is 38.2 Å². The highest BCUT2D eigenvalue weighted by molar-refractivity contribution is 5.81. The fourth-order valence-corrected chi connectivity index (χ4v) is 4.45. The minimum absolute atomic E-state index is 0.0242. The van der Waals surface area contributed by atoms with Crippen LogP contribution in [0, 0.1) is 0 Å². The number of rotatable bonds is 12. The molecule has 0 atom stereocenters. The van der Waals surface area contributed by atoms with E-state index in [0.29, 0.717) is 93.8 Å². The van der Waals surface area contributed by atoms with Gasteiger partial charge in [-0.1, -0.05) is 6.42 Å². The Bertz CT molecular complexity index is 1180. The summed E-state index contributed by atoms with van der Waals surface area (Å²) in [7, 11) is 0. The van der Waals surface area contributed by atoms with Crippen molar-refractivity contribution in [3.63, 3.8) is 0 Å². The zero-order chi connectivity index (χ0) is 26.8. The van der Waals surface area contributed by atoms with Gasteiger partial charge in [0.25, 0.3) is 5.56 Å². The molecule has 1 aliphatic rings. The van der Waals surface area contributed by atoms with Gasteiger partial charge in [-0.2, -0.15) is 0 Å². The van der Waals surface area contributed by atoms with Crippen LogP contribution >= 0.6 is 0 Å². The van der Waals surface area contributed by atoms with Gasteiger partial charge >= 0.3 is 11.8 Å². The van der Waals surface area contributed by atoms with Gasteiger partial charge in [-0.05, 0) is 52.5 Å². The van der Waals surface area contributed by atoms with Crippen molar-refractivity contribution in [2.75, 3.05) is 32.9 Å². The molecule has 1 aromatic carbocycles. The second-order valence-electron chi connectivity index (χ2n) is 8.94. The van der Waals surface area contributed by atoms with Crippen LogP contribution in [0.25, 0.3) is 10.9 Å². The lowest BCUT2D eigenvalue weighted by atomic mass is 10.0. The number of aromatic nitrogens is 2. The molecule has 0 spiro atoms. The van der Waals surface area contributed by atoms with Crippen LogP contribution in [0.3, 0.4) is 0 Å². The predicted octanol–water partition coefficient (Wildman–Crippen LogP) is 2.78. The molecule has 1 aliphatic heterocycles. The molecule has 11 heteroatoms. The number of nitrogens with one attached hydrogen (secondary N) is 2. The van der Waals surface area contributed by atoms with Gasteiger partial charge in [0.2, 0.25) is 5.91 Å². The number of ether oxygens (including phenoxy) is 3. The Kier molecular flexibility index (Phi) is 10.4. The lowest BCUT2D eigenvalue weighted by Gasteiger charge is -2.31. The van der Waals surface area contributed by atoms with Crippen LogP contribution in [0.15, 0.2) is 21.7 Å². The highest BCUT2D eigenvalue weighted by atomic mass is 16.6. The van der Waals surface area contributed by atoms with Gasteiger partial charge in [-0.25, -0.2) is 9.59 Å². The summed E-state index contributed by atoms with van der Waals surface area (Å²) in [5, 5.41) is 3.40. The van der Waals surface area contributed by atoms with E-state index in [1.54, 1.807) is 24.0 Å². The smallest absolute Gasteiger partial charge is 0.409 e. The first-order valence-corrected chi connectivity index (χ1v) is 13.1. The van der Waals surface area contributed by atoms with Crippen LogP contribution in [0.5, 0.6) is 11.5 Å². The lowest BCUT2D eigenvalue weighted by molar-refractivity contribution is -0.122. The molecule has 2 N–H and O–H groups in total. The maximum Gasteiger partial charge on any atom is 0.409 e. The molecular weight excluding hydrogens is 480 g/mol. The first-order chi connectivity index (χ1) is 17.9. The van der Waals surface area contributed by atoms with E-state index in [1.165, 1.54) is 4.57 Å². The molecular formula is C26H38N4O7. The number of piperidine rings is 1. The molecule has 11 nitrogen and oxygen atoms in total. The number of H-pyrrole nitrogens is 1. The number of carbonyl (C=O) groups excluding carboxylic acids is 2. The zero-order valence-corrected chi connectivity index (χ0v) is 22.0. The van der Waals surface area contributed by atoms with Crippen LogP contribution in [-0.4, -0.2) is 65.4 Å². The van der Waals surface area contributed by atoms with E-state index in [-0.39, 0.29) is 30.1 Å². The van der Waals surface area contributed by atoms with Gasteiger partial charge in [-0.3, -0.25) is 14.2 Å². The zero-order valence-electron chi connectivity index (χ0n) is 22.0. The maximum absolute atomic E-state index is 13.0. The largest absolute Gasteiger partial charge is 0.490 e. The number of carbonyl (C=O) groups is 2. The minimum atomic E-state index is -0.476. The van der Waals surface area contributed by atoms with Crippen molar-refractivity contribution in [1.82, 2.24) is 19.8 Å². The highest BCUT2D eigenvalue weighted by Gasteiger charge is 2.24. The molecule has 2 heterocycles. The van der Waals surface area contributed by atoms with Gasteiger partial charge in [0.05, 0.1) is 30.7 Å². The molecule has 0 unspecified atom stereocenters. The molecule has 0 bridgehead atoms. The van der Waals surface area contributed by atoms with Gasteiger partial charge < -0.3 is 29.4 Å². The number of likely N-dealkylation sites (tertiary alicyclic amines) is 1. The fraction of sp³-hybridized carbons (Fsp3) is 0.615. The Morgan fingerprint density at radius 1 is 0.973 bits per heavy atom. The van der Waals surface area contributed by atoms with E-state index in [0.717, 1.165) is 0 Å². The third-order valence-electron chi connectivity index (χ3n) is 6.32. The topological polar surface area (TPSA) is 132 Å². The molecule has 2 aromatic rings. The van der Waals surface area contributed by atoms with E-state index in [4.69, 9.17) is 14.2 Å². The quantitative estimate of drug-likeness (QED) is 0.413. The molecule has 0 saturated carbocycles. The molecule has 0 radical (unpaired) electrons. The summed E-state index contributed by atoms with van der Waals surface area (Å²) in [6.07, 6.45) is 3.42. The van der Waals surface area contributed by atoms with Crippen LogP contribution in [0.1, 0.15) is 59.3 Å². The van der Waals surface area contributed by atoms with Crippen molar-refractivity contribution in [3.8, 4) is 11.5 Å². The fourth-order valence-electron chi connectivity index (χ4n) is 4.45. The van der Waals surface area contributed by atoms with Crippen LogP contribution in [0.4, 0.5) is 4.79 Å². The van der Waals surface area contributed by atoms with Gasteiger partial charge in [-0.15, -0.1) is 0 Å². The van der Waals surface area contributed by atoms with Crippen molar-refractivity contribution in [1.29, 1.82) is 0 Å². The summed E-state index contributed by atoms with van der Waals surface area (Å²) in [4.78, 5) is 54.1. The third-order valence-corrected chi connectivity index (χ3v) is 6.32. The number of unbranched alkanes of at least 4 members (excludes halogenated alkanes) is 2. The molecule has 204 valence electrons. The van der Waals surface area contributed by atoms with E-state index in [1.807, 2.05) is 13.8 Å². The van der Waals surface area contributed by atoms with Crippen LogP contribution in [-0.2, 0) is 16.1 Å². The molecule has 37 heavy (non-hydrogen) atoms. The molecule has 1 saturated heterocycles. The molecule has 1 fully saturated rings. The Balaban J connectivity index is 1.48. The average Bonchev–Trinajstić information content (AvgIpc) is 2.87. The first-order valence-electron chi connectivity index (χ1n) is 13.1. The highest BCUT2D eigenvalue weighted by Crippen LogP contribution is 2.30. The summed E-state index contributed by atoms with van der Waals surface area (Å²) < 4.78 is 17.4. The Morgan fingerprint density at radius 3 is 2.30 bits per heavy atom. The Hall–Kier alpha value is -3.50. The first kappa shape index (κ1) is 28.1. The van der Waals surface area contributed by atoms with Crippen LogP contribution < -0.4 is 26.0 Å². The summed E-state index contributed by atoms with van der Waals surface area (Å²) in [5.74, 6) is 0.918. The van der Waals surface area contributed by atoms with E-state index < -0.39 is 5.69 Å². The number of benzene rings is 1. The standard InChI is InChI=1S/C26H38N4O7/c1-4-35-21-16-19-20(17-22(21)36-5-2)28-25(33)30(24(19)32)13-9-7-8-10-23(31)27-18-11-14-29(15-12-18)26(34)37-6-3/h16-18H,4-15H2,1-3H3,(H,27,31)(H,28,33).